The molecule has 1 N–H and O–H groups in total. The minimum atomic E-state index is -0.845. The average molecular weight is 358 g/mol. The minimum Gasteiger partial charge on any atom is -0.450 e. The van der Waals surface area contributed by atoms with Crippen LogP contribution in [0.1, 0.15) is 6.92 Å². The highest BCUT2D eigenvalue weighted by atomic mass is 35.5. The molecule has 0 radical (unpaired) electrons. The van der Waals surface area contributed by atoms with E-state index in [1.54, 1.807) is 6.92 Å². The number of ether oxygens (including phenoxy) is 1. The summed E-state index contributed by atoms with van der Waals surface area (Å²) in [6.07, 6.45) is -0.435. The minimum absolute atomic E-state index is 0.150. The fourth-order valence-electron chi connectivity index (χ4n) is 2.21. The molecule has 1 heterocycles. The second kappa shape index (κ2) is 7.96. The van der Waals surface area contributed by atoms with Gasteiger partial charge in [-0.15, -0.1) is 0 Å². The molecule has 0 bridgehead atoms. The number of hydrogen-bond acceptors (Lipinski definition) is 4. The SMILES string of the molecule is CCOC(=O)N1CCN(C(=O)C(=O)Nc2ccc(F)c(Cl)c2)CC1. The first-order valence-electron chi connectivity index (χ1n) is 7.39. The highest BCUT2D eigenvalue weighted by Gasteiger charge is 2.28. The molecule has 1 aliphatic heterocycles. The van der Waals surface area contributed by atoms with Gasteiger partial charge in [-0.2, -0.15) is 0 Å². The van der Waals surface area contributed by atoms with Crippen LogP contribution >= 0.6 is 11.6 Å². The first kappa shape index (κ1) is 18.0. The molecule has 0 saturated carbocycles. The van der Waals surface area contributed by atoms with Crippen LogP contribution in [0.2, 0.25) is 5.02 Å². The number of amides is 3. The summed E-state index contributed by atoms with van der Waals surface area (Å²) in [5, 5.41) is 2.23. The zero-order valence-corrected chi connectivity index (χ0v) is 13.8. The summed E-state index contributed by atoms with van der Waals surface area (Å²) in [5.41, 5.74) is 0.227. The van der Waals surface area contributed by atoms with Crippen molar-refractivity contribution in [1.82, 2.24) is 9.80 Å². The lowest BCUT2D eigenvalue weighted by Gasteiger charge is -2.33. The second-order valence-corrected chi connectivity index (χ2v) is 5.47. The summed E-state index contributed by atoms with van der Waals surface area (Å²) >= 11 is 5.63. The molecule has 0 aromatic heterocycles. The van der Waals surface area contributed by atoms with E-state index in [-0.39, 0.29) is 30.4 Å². The Hall–Kier alpha value is -2.35. The maximum absolute atomic E-state index is 13.1. The Morgan fingerprint density at radius 2 is 1.83 bits per heavy atom. The van der Waals surface area contributed by atoms with Gasteiger partial charge in [0.05, 0.1) is 11.6 Å². The van der Waals surface area contributed by atoms with Crippen LogP contribution in [0.3, 0.4) is 0 Å². The van der Waals surface area contributed by atoms with E-state index in [4.69, 9.17) is 16.3 Å². The molecule has 1 aromatic carbocycles. The lowest BCUT2D eigenvalue weighted by Crippen LogP contribution is -2.53. The highest BCUT2D eigenvalue weighted by Crippen LogP contribution is 2.19. The largest absolute Gasteiger partial charge is 0.450 e. The molecule has 0 unspecified atom stereocenters. The van der Waals surface area contributed by atoms with E-state index in [0.29, 0.717) is 13.1 Å². The van der Waals surface area contributed by atoms with Gasteiger partial charge in [-0.1, -0.05) is 11.6 Å². The van der Waals surface area contributed by atoms with E-state index >= 15 is 0 Å². The van der Waals surface area contributed by atoms with E-state index in [1.807, 2.05) is 0 Å². The van der Waals surface area contributed by atoms with Crippen LogP contribution in [0, 0.1) is 5.82 Å². The number of carbonyl (C=O) groups is 3. The fourth-order valence-corrected chi connectivity index (χ4v) is 2.39. The van der Waals surface area contributed by atoms with Gasteiger partial charge in [0, 0.05) is 31.9 Å². The molecule has 1 fully saturated rings. The molecular formula is C15H17ClFN3O4. The van der Waals surface area contributed by atoms with Crippen molar-refractivity contribution in [2.24, 2.45) is 0 Å². The number of halogens is 2. The quantitative estimate of drug-likeness (QED) is 0.817. The molecule has 7 nitrogen and oxygen atoms in total. The zero-order valence-electron chi connectivity index (χ0n) is 13.1. The standard InChI is InChI=1S/C15H17ClFN3O4/c1-2-24-15(23)20-7-5-19(6-8-20)14(22)13(21)18-10-3-4-12(17)11(16)9-10/h3-4,9H,2,5-8H2,1H3,(H,18,21). The third kappa shape index (κ3) is 4.35. The third-order valence-electron chi connectivity index (χ3n) is 3.46. The maximum Gasteiger partial charge on any atom is 0.409 e. The normalized spacial score (nSPS) is 14.3. The first-order chi connectivity index (χ1) is 11.4. The first-order valence-corrected chi connectivity index (χ1v) is 7.77. The summed E-state index contributed by atoms with van der Waals surface area (Å²) in [4.78, 5) is 38.5. The Kier molecular flexibility index (Phi) is 5.97. The van der Waals surface area contributed by atoms with Crippen LogP contribution in [0.15, 0.2) is 18.2 Å². The lowest BCUT2D eigenvalue weighted by molar-refractivity contribution is -0.144. The summed E-state index contributed by atoms with van der Waals surface area (Å²) in [6, 6.07) is 3.63. The van der Waals surface area contributed by atoms with Crippen LogP contribution in [0.4, 0.5) is 14.9 Å². The molecule has 2 rings (SSSR count). The van der Waals surface area contributed by atoms with Crippen molar-refractivity contribution in [3.8, 4) is 0 Å². The molecule has 0 spiro atoms. The van der Waals surface area contributed by atoms with Crippen molar-refractivity contribution < 1.29 is 23.5 Å². The number of piperazine rings is 1. The predicted molar refractivity (Wildman–Crippen MR) is 85.2 cm³/mol. The van der Waals surface area contributed by atoms with Crippen LogP contribution in [0.25, 0.3) is 0 Å². The molecule has 130 valence electrons. The fraction of sp³-hybridized carbons (Fsp3) is 0.400. The average Bonchev–Trinajstić information content (AvgIpc) is 2.58. The highest BCUT2D eigenvalue weighted by molar-refractivity contribution is 6.39. The molecule has 0 atom stereocenters. The lowest BCUT2D eigenvalue weighted by atomic mass is 10.3. The van der Waals surface area contributed by atoms with Crippen molar-refractivity contribution in [1.29, 1.82) is 0 Å². The Labute approximate surface area is 143 Å². The van der Waals surface area contributed by atoms with Gasteiger partial charge in [0.1, 0.15) is 5.82 Å². The summed E-state index contributed by atoms with van der Waals surface area (Å²) < 4.78 is 18.0. The Bertz CT molecular complexity index is 648. The number of nitrogens with zero attached hydrogens (tertiary/aromatic N) is 2. The number of hydrogen-bond donors (Lipinski definition) is 1. The third-order valence-corrected chi connectivity index (χ3v) is 3.75. The van der Waals surface area contributed by atoms with Crippen LogP contribution in [-0.2, 0) is 14.3 Å². The molecule has 24 heavy (non-hydrogen) atoms. The molecule has 1 aliphatic rings. The number of benzene rings is 1. The maximum atomic E-state index is 13.1. The van der Waals surface area contributed by atoms with Crippen LogP contribution in [0.5, 0.6) is 0 Å². The van der Waals surface area contributed by atoms with Gasteiger partial charge in [0.2, 0.25) is 0 Å². The van der Waals surface area contributed by atoms with Gasteiger partial charge in [-0.25, -0.2) is 9.18 Å². The van der Waals surface area contributed by atoms with Crippen molar-refractivity contribution in [2.45, 2.75) is 6.92 Å². The molecule has 3 amide bonds. The smallest absolute Gasteiger partial charge is 0.409 e. The van der Waals surface area contributed by atoms with Crippen molar-refractivity contribution in [2.75, 3.05) is 38.1 Å². The second-order valence-electron chi connectivity index (χ2n) is 5.06. The van der Waals surface area contributed by atoms with Crippen molar-refractivity contribution >= 4 is 35.2 Å². The van der Waals surface area contributed by atoms with Crippen LogP contribution in [-0.4, -0.2) is 60.5 Å². The Morgan fingerprint density at radius 1 is 1.21 bits per heavy atom. The van der Waals surface area contributed by atoms with E-state index in [9.17, 15) is 18.8 Å². The van der Waals surface area contributed by atoms with E-state index in [0.717, 1.165) is 6.07 Å². The summed E-state index contributed by atoms with van der Waals surface area (Å²) in [5.74, 6) is -2.18. The van der Waals surface area contributed by atoms with E-state index in [2.05, 4.69) is 5.32 Å². The summed E-state index contributed by atoms with van der Waals surface area (Å²) in [7, 11) is 0. The van der Waals surface area contributed by atoms with Gasteiger partial charge in [0.25, 0.3) is 0 Å². The van der Waals surface area contributed by atoms with Gasteiger partial charge in [-0.3, -0.25) is 9.59 Å². The summed E-state index contributed by atoms with van der Waals surface area (Å²) in [6.45, 7) is 3.04. The number of carbonyl (C=O) groups excluding carboxylic acids is 3. The van der Waals surface area contributed by atoms with Crippen molar-refractivity contribution in [3.63, 3.8) is 0 Å². The number of rotatable bonds is 2. The van der Waals surface area contributed by atoms with Gasteiger partial charge in [-0.05, 0) is 25.1 Å². The van der Waals surface area contributed by atoms with E-state index < -0.39 is 23.7 Å². The molecule has 0 aliphatic carbocycles. The molecular weight excluding hydrogens is 341 g/mol. The van der Waals surface area contributed by atoms with Crippen LogP contribution < -0.4 is 5.32 Å². The zero-order chi connectivity index (χ0) is 17.7. The monoisotopic (exact) mass is 357 g/mol. The van der Waals surface area contributed by atoms with E-state index in [1.165, 1.54) is 21.9 Å². The molecule has 1 saturated heterocycles. The Balaban J connectivity index is 1.89. The van der Waals surface area contributed by atoms with Gasteiger partial charge < -0.3 is 19.9 Å². The van der Waals surface area contributed by atoms with Gasteiger partial charge >= 0.3 is 17.9 Å². The predicted octanol–water partition coefficient (Wildman–Crippen LogP) is 1.72. The molecule has 1 aromatic rings. The topological polar surface area (TPSA) is 79.0 Å². The number of nitrogens with one attached hydrogen (secondary N) is 1. The number of anilines is 1. The van der Waals surface area contributed by atoms with Gasteiger partial charge in [0.15, 0.2) is 0 Å². The Morgan fingerprint density at radius 3 is 2.42 bits per heavy atom. The van der Waals surface area contributed by atoms with Crippen molar-refractivity contribution in [3.05, 3.63) is 29.0 Å². The molecule has 9 heteroatoms.